The molecule has 2 aromatic heterocycles. The van der Waals surface area contributed by atoms with Crippen LogP contribution in [0.5, 0.6) is 0 Å². The summed E-state index contributed by atoms with van der Waals surface area (Å²) < 4.78 is 0.987. The summed E-state index contributed by atoms with van der Waals surface area (Å²) in [5.41, 5.74) is 0.889. The first kappa shape index (κ1) is 7.70. The summed E-state index contributed by atoms with van der Waals surface area (Å²) in [6.07, 6.45) is 3.55. The molecule has 3 nitrogen and oxygen atoms in total. The number of pyridine rings is 1. The van der Waals surface area contributed by atoms with Crippen molar-refractivity contribution in [1.29, 1.82) is 0 Å². The van der Waals surface area contributed by atoms with Crippen LogP contribution in [0.25, 0.3) is 21.0 Å². The van der Waals surface area contributed by atoms with E-state index in [0.717, 1.165) is 21.0 Å². The molecule has 0 spiro atoms. The maximum atomic E-state index is 11.2. The number of aromatic nitrogens is 2. The third-order valence-corrected chi connectivity index (χ3v) is 3.14. The fourth-order valence-electron chi connectivity index (χ4n) is 1.57. The van der Waals surface area contributed by atoms with Crippen LogP contribution in [0, 0.1) is 0 Å². The van der Waals surface area contributed by atoms with Gasteiger partial charge >= 0.3 is 4.87 Å². The Morgan fingerprint density at radius 3 is 3.14 bits per heavy atom. The summed E-state index contributed by atoms with van der Waals surface area (Å²) in [7, 11) is 0. The smallest absolute Gasteiger partial charge is 0.305 e. The van der Waals surface area contributed by atoms with Gasteiger partial charge < -0.3 is 4.98 Å². The highest BCUT2D eigenvalue weighted by atomic mass is 32.1. The average Bonchev–Trinajstić information content (AvgIpc) is 2.59. The molecule has 0 aliphatic heterocycles. The van der Waals surface area contributed by atoms with Crippen molar-refractivity contribution < 1.29 is 0 Å². The molecule has 0 saturated heterocycles. The molecule has 0 saturated carbocycles. The highest BCUT2D eigenvalue weighted by Gasteiger charge is 2.03. The van der Waals surface area contributed by atoms with E-state index in [-0.39, 0.29) is 4.87 Å². The number of H-pyrrole nitrogens is 1. The Balaban J connectivity index is 2.66. The highest BCUT2D eigenvalue weighted by Crippen LogP contribution is 2.24. The lowest BCUT2D eigenvalue weighted by Gasteiger charge is -1.96. The number of benzene rings is 1. The van der Waals surface area contributed by atoms with Crippen LogP contribution in [0.1, 0.15) is 0 Å². The van der Waals surface area contributed by atoms with Gasteiger partial charge in [-0.15, -0.1) is 0 Å². The van der Waals surface area contributed by atoms with Gasteiger partial charge in [0, 0.05) is 17.8 Å². The van der Waals surface area contributed by atoms with Gasteiger partial charge in [0.05, 0.1) is 10.2 Å². The van der Waals surface area contributed by atoms with Gasteiger partial charge in [-0.2, -0.15) is 0 Å². The topological polar surface area (TPSA) is 45.8 Å². The van der Waals surface area contributed by atoms with E-state index in [1.165, 1.54) is 11.3 Å². The van der Waals surface area contributed by atoms with Gasteiger partial charge in [0.1, 0.15) is 0 Å². The number of hydrogen-bond donors (Lipinski definition) is 1. The lowest BCUT2D eigenvalue weighted by molar-refractivity contribution is 1.37. The van der Waals surface area contributed by atoms with E-state index in [1.54, 1.807) is 12.4 Å². The molecule has 2 heterocycles. The third kappa shape index (κ3) is 0.975. The molecular formula is C10H6N2OS. The molecule has 0 atom stereocenters. The van der Waals surface area contributed by atoms with Gasteiger partial charge in [0.25, 0.3) is 0 Å². The van der Waals surface area contributed by atoms with Gasteiger partial charge in [-0.25, -0.2) is 0 Å². The van der Waals surface area contributed by atoms with Crippen LogP contribution in [-0.4, -0.2) is 9.97 Å². The van der Waals surface area contributed by atoms with Gasteiger partial charge in [-0.05, 0) is 17.5 Å². The second kappa shape index (κ2) is 2.65. The Labute approximate surface area is 83.0 Å². The van der Waals surface area contributed by atoms with E-state index in [1.807, 2.05) is 18.2 Å². The maximum absolute atomic E-state index is 11.2. The fraction of sp³-hybridized carbons (Fsp3) is 0. The zero-order valence-electron chi connectivity index (χ0n) is 7.15. The van der Waals surface area contributed by atoms with Crippen LogP contribution in [0.2, 0.25) is 0 Å². The van der Waals surface area contributed by atoms with E-state index in [0.29, 0.717) is 0 Å². The molecule has 1 aromatic carbocycles. The first-order chi connectivity index (χ1) is 6.84. The second-order valence-electron chi connectivity index (χ2n) is 3.05. The summed E-state index contributed by atoms with van der Waals surface area (Å²) in [6, 6.07) is 5.86. The van der Waals surface area contributed by atoms with E-state index in [2.05, 4.69) is 9.97 Å². The van der Waals surface area contributed by atoms with Crippen molar-refractivity contribution in [2.75, 3.05) is 0 Å². The Bertz CT molecular complexity index is 668. The number of nitrogens with one attached hydrogen (secondary N) is 1. The molecule has 4 heteroatoms. The molecule has 0 bridgehead atoms. The average molecular weight is 202 g/mol. The molecule has 14 heavy (non-hydrogen) atoms. The molecule has 0 aliphatic rings. The van der Waals surface area contributed by atoms with Crippen molar-refractivity contribution in [2.24, 2.45) is 0 Å². The van der Waals surface area contributed by atoms with E-state index in [4.69, 9.17) is 0 Å². The van der Waals surface area contributed by atoms with Crippen LogP contribution < -0.4 is 4.87 Å². The zero-order chi connectivity index (χ0) is 9.54. The molecule has 3 rings (SSSR count). The molecule has 0 unspecified atom stereocenters. The van der Waals surface area contributed by atoms with Gasteiger partial charge in [0.2, 0.25) is 0 Å². The molecule has 0 amide bonds. The normalized spacial score (nSPS) is 11.1. The molecule has 68 valence electrons. The minimum Gasteiger partial charge on any atom is -0.312 e. The number of hydrogen-bond acceptors (Lipinski definition) is 3. The SMILES string of the molecule is O=c1[nH]c2ccc3ccncc3c2s1. The van der Waals surface area contributed by atoms with Crippen molar-refractivity contribution in [1.82, 2.24) is 9.97 Å². The van der Waals surface area contributed by atoms with E-state index in [9.17, 15) is 4.79 Å². The molecule has 0 aliphatic carbocycles. The Morgan fingerprint density at radius 1 is 1.29 bits per heavy atom. The summed E-state index contributed by atoms with van der Waals surface area (Å²) in [6.45, 7) is 0. The Morgan fingerprint density at radius 2 is 2.21 bits per heavy atom. The number of nitrogens with zero attached hydrogens (tertiary/aromatic N) is 1. The number of fused-ring (bicyclic) bond motifs is 3. The largest absolute Gasteiger partial charge is 0.312 e. The van der Waals surface area contributed by atoms with E-state index < -0.39 is 0 Å². The quantitative estimate of drug-likeness (QED) is 0.607. The molecular weight excluding hydrogens is 196 g/mol. The lowest BCUT2D eigenvalue weighted by atomic mass is 10.2. The first-order valence-corrected chi connectivity index (χ1v) is 5.02. The van der Waals surface area contributed by atoms with Gasteiger partial charge in [-0.1, -0.05) is 17.4 Å². The minimum atomic E-state index is -0.0173. The van der Waals surface area contributed by atoms with Crippen molar-refractivity contribution in [3.63, 3.8) is 0 Å². The summed E-state index contributed by atoms with van der Waals surface area (Å²) in [5.74, 6) is 0. The summed E-state index contributed by atoms with van der Waals surface area (Å²) in [4.78, 5) is 18.0. The van der Waals surface area contributed by atoms with Crippen molar-refractivity contribution in [3.05, 3.63) is 40.3 Å². The van der Waals surface area contributed by atoms with Crippen LogP contribution in [0.15, 0.2) is 35.4 Å². The predicted octanol–water partition coefficient (Wildman–Crippen LogP) is 2.14. The molecule has 0 radical (unpaired) electrons. The molecule has 1 N–H and O–H groups in total. The third-order valence-electron chi connectivity index (χ3n) is 2.21. The summed E-state index contributed by atoms with van der Waals surface area (Å²) >= 11 is 1.23. The van der Waals surface area contributed by atoms with Crippen LogP contribution >= 0.6 is 11.3 Å². The first-order valence-electron chi connectivity index (χ1n) is 4.20. The minimum absolute atomic E-state index is 0.0173. The molecule has 0 fully saturated rings. The number of rotatable bonds is 0. The fourth-order valence-corrected chi connectivity index (χ4v) is 2.43. The second-order valence-corrected chi connectivity index (χ2v) is 4.04. The standard InChI is InChI=1S/C10H6N2OS/c13-10-12-8-2-1-6-3-4-11-5-7(6)9(8)14-10/h1-5H,(H,12,13). The van der Waals surface area contributed by atoms with Gasteiger partial charge in [-0.3, -0.25) is 9.78 Å². The predicted molar refractivity (Wildman–Crippen MR) is 57.7 cm³/mol. The van der Waals surface area contributed by atoms with Crippen LogP contribution in [0.4, 0.5) is 0 Å². The van der Waals surface area contributed by atoms with E-state index >= 15 is 0 Å². The Hall–Kier alpha value is -1.68. The maximum Gasteiger partial charge on any atom is 0.305 e. The van der Waals surface area contributed by atoms with Crippen molar-refractivity contribution >= 4 is 32.3 Å². The summed E-state index contributed by atoms with van der Waals surface area (Å²) in [5, 5.41) is 2.15. The van der Waals surface area contributed by atoms with Crippen molar-refractivity contribution in [2.45, 2.75) is 0 Å². The number of thiazole rings is 1. The monoisotopic (exact) mass is 202 g/mol. The van der Waals surface area contributed by atoms with Gasteiger partial charge in [0.15, 0.2) is 0 Å². The van der Waals surface area contributed by atoms with Crippen LogP contribution in [0.3, 0.4) is 0 Å². The molecule has 3 aromatic rings. The highest BCUT2D eigenvalue weighted by molar-refractivity contribution is 7.17. The Kier molecular flexibility index (Phi) is 1.46. The lowest BCUT2D eigenvalue weighted by Crippen LogP contribution is -1.89. The van der Waals surface area contributed by atoms with Crippen molar-refractivity contribution in [3.8, 4) is 0 Å². The zero-order valence-corrected chi connectivity index (χ0v) is 7.97. The number of aromatic amines is 1. The van der Waals surface area contributed by atoms with Crippen LogP contribution in [-0.2, 0) is 0 Å².